The number of ether oxygens (including phenoxy) is 2. The van der Waals surface area contributed by atoms with Crippen LogP contribution in [0.5, 0.6) is 5.75 Å². The van der Waals surface area contributed by atoms with Gasteiger partial charge in [0, 0.05) is 103 Å². The number of carbonyl (C=O) groups is 10. The number of unbranched alkanes of at least 4 members (excludes halogenated alkanes) is 1. The average molecular weight is 1440 g/mol. The Bertz CT molecular complexity index is 3990. The lowest BCUT2D eigenvalue weighted by Gasteiger charge is -2.37. The zero-order chi connectivity index (χ0) is 72.7. The van der Waals surface area contributed by atoms with Crippen LogP contribution in [-0.2, 0) is 83.5 Å². The van der Waals surface area contributed by atoms with Gasteiger partial charge in [-0.05, 0) is 136 Å². The fraction of sp³-hybridized carbons (Fsp3) is 0.465. The number of aromatic amines is 2. The van der Waals surface area contributed by atoms with Gasteiger partial charge in [0.2, 0.25) is 59.1 Å². The number of primary amides is 1. The first kappa shape index (κ1) is 76.1. The molecule has 30 heteroatoms. The maximum atomic E-state index is 16.2. The maximum absolute atomic E-state index is 16.2. The number of benzene rings is 4. The smallest absolute Gasteiger partial charge is 0.246 e. The lowest BCUT2D eigenvalue weighted by molar-refractivity contribution is -0.147. The number of methoxy groups -OCH3 is 2. The Morgan fingerprint density at radius 3 is 1.94 bits per heavy atom. The fourth-order valence-electron chi connectivity index (χ4n) is 12.9. The highest BCUT2D eigenvalue weighted by atomic mass is 32.2. The van der Waals surface area contributed by atoms with E-state index < -0.39 is 156 Å². The van der Waals surface area contributed by atoms with E-state index in [4.69, 9.17) is 20.9 Å². The standard InChI is InChI=1S/C71H88F3N13O12S2/c1-39-63(90)81-55(28-44-33-77-52-19-15-46(72)30-50(44)52)65(92)82-57(29-45-34-78-53-20-16-47(73)31-51(45)53)68(95)86-35-48(74)32-59(86)66(93)85-61(40(2)98-4)67(94)83-56(27-41-13-17-49(99-5)18-14-41)69(96)87-24-9-22-71(87,3)70(97)84-58(62(76)89)38-101-37-43-11-8-10-42(26-43)36-100-25-21-60(88)80-54(64(91)79-39)12-6-7-23-75/h8,10-11,13-20,26,30-31,33-34,39-40,48,54-59,61,77-78H,6-7,9,12,21-25,27-29,32,35-38,75H2,1-5H3,(H2,76,89)(H,79,91)(H,80,88)(H,81,90)(H,82,92)(H,83,94)(H,84,97)(H,85,93)/t39-,40+,48+,54+,55+,56+,57+,58+,59+,61+,71+/m1/s1. The van der Waals surface area contributed by atoms with Gasteiger partial charge in [0.25, 0.3) is 0 Å². The third-order valence-corrected chi connectivity index (χ3v) is 20.8. The van der Waals surface area contributed by atoms with Crippen molar-refractivity contribution >= 4 is 104 Å². The number of aromatic nitrogens is 2. The Hall–Kier alpha value is -9.13. The van der Waals surface area contributed by atoms with E-state index in [1.165, 1.54) is 105 Å². The molecule has 542 valence electrons. The number of alkyl halides is 1. The Morgan fingerprint density at radius 2 is 1.31 bits per heavy atom. The highest BCUT2D eigenvalue weighted by Crippen LogP contribution is 2.32. The highest BCUT2D eigenvalue weighted by molar-refractivity contribution is 7.98. The largest absolute Gasteiger partial charge is 0.497 e. The minimum atomic E-state index is -1.85. The maximum Gasteiger partial charge on any atom is 0.246 e. The van der Waals surface area contributed by atoms with Crippen molar-refractivity contribution in [1.29, 1.82) is 0 Å². The van der Waals surface area contributed by atoms with E-state index in [0.717, 1.165) is 16.0 Å². The number of nitrogens with two attached hydrogens (primary N) is 2. The van der Waals surface area contributed by atoms with E-state index in [1.807, 2.05) is 24.3 Å². The Labute approximate surface area is 591 Å². The van der Waals surface area contributed by atoms with Crippen molar-refractivity contribution < 1.29 is 70.6 Å². The number of rotatable bonds is 14. The molecule has 5 heterocycles. The van der Waals surface area contributed by atoms with Crippen molar-refractivity contribution in [2.24, 2.45) is 11.5 Å². The van der Waals surface area contributed by atoms with E-state index in [9.17, 15) is 33.2 Å². The summed E-state index contributed by atoms with van der Waals surface area (Å²) in [7, 11) is 2.74. The summed E-state index contributed by atoms with van der Waals surface area (Å²) in [6, 6.07) is 10.4. The molecule has 2 bridgehead atoms. The second-order valence-corrected chi connectivity index (χ2v) is 28.1. The number of hydrogen-bond donors (Lipinski definition) is 11. The van der Waals surface area contributed by atoms with Gasteiger partial charge < -0.3 is 77.9 Å². The summed E-state index contributed by atoms with van der Waals surface area (Å²) >= 11 is 2.82. The molecular weight excluding hydrogens is 1350 g/mol. The molecule has 11 atom stereocenters. The second-order valence-electron chi connectivity index (χ2n) is 26.0. The van der Waals surface area contributed by atoms with Gasteiger partial charge in [-0.15, -0.1) is 0 Å². The number of thioether (sulfide) groups is 2. The SMILES string of the molecule is COc1ccc(C[C@@H]2NC(=O)[C@H]([C@H](C)OC)NC(=O)[C@@H]3C[C@H](F)CN3C(=O)[C@H](Cc3c[nH]c4ccc(F)cc34)NC(=O)[C@H](Cc3c[nH]c4ccc(F)cc34)NC(=O)[C@@H](C)NC(=O)[C@H](CCCCN)NC(=O)CCSCc3cccc(c3)CSC[C@@H](C(N)=O)NC(=O)[C@]3(C)CCCN3C2=O)cc1. The summed E-state index contributed by atoms with van der Waals surface area (Å²) in [4.78, 5) is 154. The third kappa shape index (κ3) is 19.5. The molecule has 0 aliphatic carbocycles. The summed E-state index contributed by atoms with van der Waals surface area (Å²) in [5, 5.41) is 19.8. The van der Waals surface area contributed by atoms with Gasteiger partial charge in [-0.1, -0.05) is 36.4 Å². The lowest BCUT2D eigenvalue weighted by Crippen LogP contribution is -2.64. The van der Waals surface area contributed by atoms with Gasteiger partial charge in [-0.3, -0.25) is 47.9 Å². The number of nitrogens with one attached hydrogen (secondary N) is 9. The predicted molar refractivity (Wildman–Crippen MR) is 376 cm³/mol. The quantitative estimate of drug-likeness (QED) is 0.0689. The molecule has 2 fully saturated rings. The number of H-pyrrole nitrogens is 2. The van der Waals surface area contributed by atoms with Crippen LogP contribution in [0, 0.1) is 11.6 Å². The molecule has 3 aliphatic heterocycles. The molecule has 13 N–H and O–H groups in total. The lowest BCUT2D eigenvalue weighted by atomic mass is 9.95. The third-order valence-electron chi connectivity index (χ3n) is 18.7. The van der Waals surface area contributed by atoms with Crippen LogP contribution in [0.25, 0.3) is 21.8 Å². The molecular formula is C71H88F3N13O12S2. The van der Waals surface area contributed by atoms with Crippen LogP contribution in [0.4, 0.5) is 13.2 Å². The average Bonchev–Trinajstić information content (AvgIpc) is 1.70. The molecule has 2 saturated heterocycles. The van der Waals surface area contributed by atoms with Gasteiger partial charge >= 0.3 is 0 Å². The Balaban J connectivity index is 1.06. The number of fused-ring (bicyclic) bond motifs is 6. The van der Waals surface area contributed by atoms with Crippen LogP contribution in [0.3, 0.4) is 0 Å². The first-order valence-electron chi connectivity index (χ1n) is 33.6. The molecule has 101 heavy (non-hydrogen) atoms. The molecule has 6 aromatic rings. The van der Waals surface area contributed by atoms with Crippen molar-refractivity contribution in [3.63, 3.8) is 0 Å². The molecule has 3 aliphatic rings. The number of hydrogen-bond acceptors (Lipinski definition) is 15. The van der Waals surface area contributed by atoms with Crippen LogP contribution in [-0.4, -0.2) is 190 Å². The normalized spacial score (nSPS) is 25.2. The van der Waals surface area contributed by atoms with Gasteiger partial charge in [0.05, 0.1) is 19.8 Å². The molecule has 0 spiro atoms. The fourth-order valence-corrected chi connectivity index (χ4v) is 14.8. The van der Waals surface area contributed by atoms with Crippen LogP contribution < -0.4 is 53.4 Å². The van der Waals surface area contributed by atoms with Crippen molar-refractivity contribution in [3.8, 4) is 5.75 Å². The molecule has 2 aromatic heterocycles. The van der Waals surface area contributed by atoms with Crippen molar-refractivity contribution in [2.75, 3.05) is 45.4 Å². The number of carbonyl (C=O) groups excluding carboxylic acids is 10. The van der Waals surface area contributed by atoms with Gasteiger partial charge in [-0.25, -0.2) is 13.2 Å². The summed E-state index contributed by atoms with van der Waals surface area (Å²) in [6.45, 7) is 4.05. The first-order chi connectivity index (χ1) is 48.4. The van der Waals surface area contributed by atoms with Crippen molar-refractivity contribution in [1.82, 2.24) is 57.0 Å². The van der Waals surface area contributed by atoms with Crippen molar-refractivity contribution in [2.45, 2.75) is 163 Å². The summed E-state index contributed by atoms with van der Waals surface area (Å²) in [5.74, 6) is -7.61. The van der Waals surface area contributed by atoms with E-state index in [1.54, 1.807) is 31.2 Å². The Kier molecular flexibility index (Phi) is 26.3. The Morgan fingerprint density at radius 1 is 0.693 bits per heavy atom. The molecule has 9 rings (SSSR count). The zero-order valence-electron chi connectivity index (χ0n) is 56.9. The first-order valence-corrected chi connectivity index (χ1v) is 35.9. The second kappa shape index (κ2) is 35.0. The highest BCUT2D eigenvalue weighted by Gasteiger charge is 2.49. The monoisotopic (exact) mass is 1440 g/mol. The van der Waals surface area contributed by atoms with Crippen molar-refractivity contribution in [3.05, 3.63) is 137 Å². The minimum Gasteiger partial charge on any atom is -0.497 e. The minimum absolute atomic E-state index is 0.0201. The van der Waals surface area contributed by atoms with Gasteiger partial charge in [-0.2, -0.15) is 23.5 Å². The molecule has 0 unspecified atom stereocenters. The van der Waals surface area contributed by atoms with Crippen LogP contribution in [0.15, 0.2) is 97.3 Å². The predicted octanol–water partition coefficient (Wildman–Crippen LogP) is 3.92. The van der Waals surface area contributed by atoms with E-state index in [-0.39, 0.29) is 44.4 Å². The summed E-state index contributed by atoms with van der Waals surface area (Å²) < 4.78 is 57.2. The van der Waals surface area contributed by atoms with Gasteiger partial charge in [0.1, 0.15) is 77.4 Å². The summed E-state index contributed by atoms with van der Waals surface area (Å²) in [5.41, 5.74) is 14.1. The van der Waals surface area contributed by atoms with Crippen LogP contribution in [0.1, 0.15) is 93.5 Å². The van der Waals surface area contributed by atoms with E-state index in [2.05, 4.69) is 47.2 Å². The number of amides is 10. The van der Waals surface area contributed by atoms with Crippen LogP contribution in [0.2, 0.25) is 0 Å². The molecule has 4 aromatic carbocycles. The molecule has 0 radical (unpaired) electrons. The molecule has 10 amide bonds. The molecule has 0 saturated carbocycles. The van der Waals surface area contributed by atoms with E-state index in [0.29, 0.717) is 87.3 Å². The number of halogens is 3. The zero-order valence-corrected chi connectivity index (χ0v) is 58.6. The number of nitrogens with zero attached hydrogens (tertiary/aromatic N) is 2. The van der Waals surface area contributed by atoms with E-state index >= 15 is 28.0 Å². The van der Waals surface area contributed by atoms with Crippen LogP contribution >= 0.6 is 23.5 Å². The topological polar surface area (TPSA) is 363 Å². The summed E-state index contributed by atoms with van der Waals surface area (Å²) in [6.07, 6.45) is 0.120. The molecule has 25 nitrogen and oxygen atoms in total. The van der Waals surface area contributed by atoms with Gasteiger partial charge in [0.15, 0.2) is 0 Å².